The third kappa shape index (κ3) is 7.05. The molecule has 25 heavy (non-hydrogen) atoms. The SMILES string of the molecule is CC[CH](C)[Bi+][CH](C)CC.[O-]C(c1ccccc1)(C(F)(F)F)C(F)(F)F. The number of halogens is 6. The quantitative estimate of drug-likeness (QED) is 0.342. The maximum absolute atomic E-state index is 12.3. The monoisotopic (exact) mass is 566 g/mol. The van der Waals surface area contributed by atoms with Crippen LogP contribution in [0.15, 0.2) is 30.3 Å². The Balaban J connectivity index is 0.000000547. The molecule has 0 fully saturated rings. The molecule has 0 aliphatic heterocycles. The fourth-order valence-electron chi connectivity index (χ4n) is 1.81. The van der Waals surface area contributed by atoms with Gasteiger partial charge in [-0.25, -0.2) is 0 Å². The van der Waals surface area contributed by atoms with E-state index < -0.39 is 23.5 Å². The molecule has 8 heteroatoms. The van der Waals surface area contributed by atoms with Crippen molar-refractivity contribution in [1.29, 1.82) is 0 Å². The first-order valence-corrected chi connectivity index (χ1v) is 11.9. The molecule has 1 nitrogen and oxygen atoms in total. The van der Waals surface area contributed by atoms with Crippen molar-refractivity contribution in [2.45, 2.75) is 65.7 Å². The second-order valence-electron chi connectivity index (χ2n) is 5.71. The van der Waals surface area contributed by atoms with Gasteiger partial charge in [0, 0.05) is 0 Å². The molecule has 144 valence electrons. The Hall–Kier alpha value is -0.357. The molecule has 0 aliphatic rings. The molecule has 2 atom stereocenters. The van der Waals surface area contributed by atoms with Crippen LogP contribution in [0.5, 0.6) is 0 Å². The molecule has 0 aromatic heterocycles. The molecule has 0 saturated heterocycles. The van der Waals surface area contributed by atoms with E-state index in [2.05, 4.69) is 27.7 Å². The van der Waals surface area contributed by atoms with Gasteiger partial charge >= 0.3 is 83.4 Å². The molecule has 0 heterocycles. The van der Waals surface area contributed by atoms with Crippen LogP contribution in [0.3, 0.4) is 0 Å². The maximum atomic E-state index is 12.3. The number of alkyl halides is 6. The summed E-state index contributed by atoms with van der Waals surface area (Å²) in [6.45, 7) is 9.47. The summed E-state index contributed by atoms with van der Waals surface area (Å²) in [5.41, 5.74) is -6.45. The summed E-state index contributed by atoms with van der Waals surface area (Å²) in [6.07, 6.45) is -9.04. The number of hydrogen-bond donors (Lipinski definition) is 0. The van der Waals surface area contributed by atoms with Gasteiger partial charge in [-0.15, -0.1) is 0 Å². The van der Waals surface area contributed by atoms with Crippen molar-refractivity contribution < 1.29 is 31.4 Å². The van der Waals surface area contributed by atoms with Crippen molar-refractivity contribution in [3.8, 4) is 0 Å². The van der Waals surface area contributed by atoms with E-state index in [4.69, 9.17) is 0 Å². The zero-order chi connectivity index (χ0) is 19.9. The molecular weight excluding hydrogens is 543 g/mol. The summed E-state index contributed by atoms with van der Waals surface area (Å²) in [5.74, 6) is 0. The molecule has 0 amide bonds. The summed E-state index contributed by atoms with van der Waals surface area (Å²) in [5, 5.41) is 11.1. The zero-order valence-corrected chi connectivity index (χ0v) is 18.1. The molecule has 0 spiro atoms. The molecular formula is C17H23BiF6O. The number of benzene rings is 1. The Bertz CT molecular complexity index is 464. The minimum Gasteiger partial charge on any atom is -0.833 e. The zero-order valence-electron chi connectivity index (χ0n) is 14.6. The Labute approximate surface area is 156 Å². The first kappa shape index (κ1) is 24.6. The Morgan fingerprint density at radius 2 is 1.20 bits per heavy atom. The van der Waals surface area contributed by atoms with E-state index in [9.17, 15) is 31.4 Å². The fourth-order valence-corrected chi connectivity index (χ4v) is 6.82. The molecule has 2 unspecified atom stereocenters. The molecule has 1 aromatic carbocycles. The number of hydrogen-bond acceptors (Lipinski definition) is 1. The predicted octanol–water partition coefficient (Wildman–Crippen LogP) is 5.49. The Morgan fingerprint density at radius 1 is 0.840 bits per heavy atom. The molecule has 0 bridgehead atoms. The van der Waals surface area contributed by atoms with Gasteiger partial charge in [-0.1, -0.05) is 30.3 Å². The smallest absolute Gasteiger partial charge is 0.392 e. The van der Waals surface area contributed by atoms with E-state index in [1.165, 1.54) is 18.9 Å². The van der Waals surface area contributed by atoms with E-state index >= 15 is 0 Å². The largest absolute Gasteiger partial charge is 0.833 e. The van der Waals surface area contributed by atoms with Crippen LogP contribution in [0.25, 0.3) is 0 Å². The van der Waals surface area contributed by atoms with E-state index in [0.29, 0.717) is 12.1 Å². The van der Waals surface area contributed by atoms with Crippen LogP contribution in [-0.2, 0) is 5.60 Å². The second kappa shape index (κ2) is 10.1. The van der Waals surface area contributed by atoms with Gasteiger partial charge in [0.25, 0.3) is 0 Å². The van der Waals surface area contributed by atoms with Crippen molar-refractivity contribution >= 4 is 23.2 Å². The first-order valence-electron chi connectivity index (χ1n) is 7.90. The van der Waals surface area contributed by atoms with Gasteiger partial charge < -0.3 is 5.11 Å². The molecule has 2 radical (unpaired) electrons. The van der Waals surface area contributed by atoms with Crippen molar-refractivity contribution in [3.05, 3.63) is 35.9 Å². The topological polar surface area (TPSA) is 23.1 Å². The van der Waals surface area contributed by atoms with Crippen LogP contribution in [-0.4, -0.2) is 35.6 Å². The summed E-state index contributed by atoms with van der Waals surface area (Å²) in [4.78, 5) is 0. The molecule has 0 N–H and O–H groups in total. The van der Waals surface area contributed by atoms with Gasteiger partial charge in [-0.2, -0.15) is 26.3 Å². The molecule has 0 aliphatic carbocycles. The van der Waals surface area contributed by atoms with Gasteiger partial charge in [-0.3, -0.25) is 0 Å². The minimum atomic E-state index is -5.94. The van der Waals surface area contributed by atoms with Gasteiger partial charge in [0.15, 0.2) is 0 Å². The standard InChI is InChI=1S/C9H5F6O.2C4H9.Bi/c10-8(11,12)7(16,9(13,14)15)6-4-2-1-3-5-6;2*1-3-4-2;/h1-5H;2*3H,4H2,1-2H3;/q-1;;;+1. The molecule has 1 rings (SSSR count). The van der Waals surface area contributed by atoms with Crippen LogP contribution >= 0.6 is 0 Å². The Kier molecular flexibility index (Phi) is 9.96. The van der Waals surface area contributed by atoms with Crippen molar-refractivity contribution in [2.75, 3.05) is 0 Å². The third-order valence-corrected chi connectivity index (χ3v) is 10.5. The average Bonchev–Trinajstić information content (AvgIpc) is 2.53. The summed E-state index contributed by atoms with van der Waals surface area (Å²) < 4.78 is 75.7. The summed E-state index contributed by atoms with van der Waals surface area (Å²) in [7, 11) is 0. The van der Waals surface area contributed by atoms with E-state index in [-0.39, 0.29) is 23.2 Å². The van der Waals surface area contributed by atoms with Crippen molar-refractivity contribution in [2.24, 2.45) is 0 Å². The second-order valence-corrected chi connectivity index (χ2v) is 13.7. The van der Waals surface area contributed by atoms with Gasteiger partial charge in [-0.05, 0) is 5.56 Å². The van der Waals surface area contributed by atoms with E-state index in [1.807, 2.05) is 0 Å². The van der Waals surface area contributed by atoms with Crippen LogP contribution in [0, 0.1) is 0 Å². The Morgan fingerprint density at radius 3 is 1.48 bits per heavy atom. The van der Waals surface area contributed by atoms with Gasteiger partial charge in [0.05, 0.1) is 0 Å². The number of rotatable bonds is 5. The molecule has 0 saturated carbocycles. The fraction of sp³-hybridized carbons (Fsp3) is 0.647. The summed E-state index contributed by atoms with van der Waals surface area (Å²) >= 11 is -0.0849. The maximum Gasteiger partial charge on any atom is 0.392 e. The minimum absolute atomic E-state index is 0.0849. The van der Waals surface area contributed by atoms with Gasteiger partial charge in [0.1, 0.15) is 5.60 Å². The third-order valence-electron chi connectivity index (χ3n) is 3.67. The van der Waals surface area contributed by atoms with Crippen LogP contribution in [0.2, 0.25) is 7.25 Å². The van der Waals surface area contributed by atoms with Crippen molar-refractivity contribution in [1.82, 2.24) is 0 Å². The normalized spacial score (nSPS) is 15.2. The van der Waals surface area contributed by atoms with Crippen LogP contribution < -0.4 is 5.11 Å². The van der Waals surface area contributed by atoms with Crippen LogP contribution in [0.4, 0.5) is 26.3 Å². The van der Waals surface area contributed by atoms with Crippen LogP contribution in [0.1, 0.15) is 46.1 Å². The van der Waals surface area contributed by atoms with Crippen molar-refractivity contribution in [3.63, 3.8) is 0 Å². The first-order chi connectivity index (χ1) is 11.3. The predicted molar refractivity (Wildman–Crippen MR) is 85.4 cm³/mol. The average molecular weight is 566 g/mol. The van der Waals surface area contributed by atoms with Gasteiger partial charge in [0.2, 0.25) is 0 Å². The molecule has 1 aromatic rings. The van der Waals surface area contributed by atoms with E-state index in [1.54, 1.807) is 0 Å². The summed E-state index contributed by atoms with van der Waals surface area (Å²) in [6, 6.07) is 4.12. The van der Waals surface area contributed by atoms with E-state index in [0.717, 1.165) is 19.4 Å².